The van der Waals surface area contributed by atoms with Gasteiger partial charge in [0, 0.05) is 34.2 Å². The van der Waals surface area contributed by atoms with Crippen molar-refractivity contribution in [3.8, 4) is 11.1 Å². The van der Waals surface area contributed by atoms with E-state index in [1.807, 2.05) is 6.07 Å². The van der Waals surface area contributed by atoms with Gasteiger partial charge >= 0.3 is 0 Å². The van der Waals surface area contributed by atoms with Crippen LogP contribution >= 0.6 is 0 Å². The number of hydrogen-bond donors (Lipinski definition) is 1. The predicted molar refractivity (Wildman–Crippen MR) is 165 cm³/mol. The molecule has 0 saturated carbocycles. The Labute approximate surface area is 230 Å². The molecule has 5 aromatic rings. The molecular weight excluding hydrogens is 472 g/mol. The summed E-state index contributed by atoms with van der Waals surface area (Å²) in [6.45, 7) is 2.22. The van der Waals surface area contributed by atoms with Crippen LogP contribution in [0.2, 0.25) is 0 Å². The van der Waals surface area contributed by atoms with Crippen LogP contribution in [-0.4, -0.2) is 6.04 Å². The van der Waals surface area contributed by atoms with Gasteiger partial charge in [0.05, 0.1) is 6.04 Å². The summed E-state index contributed by atoms with van der Waals surface area (Å²) in [5.74, 6) is 0.349. The molecule has 2 heteroatoms. The molecule has 2 nitrogen and oxygen atoms in total. The molecule has 1 aliphatic heterocycles. The molecule has 0 radical (unpaired) electrons. The van der Waals surface area contributed by atoms with Crippen molar-refractivity contribution in [2.45, 2.75) is 18.9 Å². The molecule has 0 spiro atoms. The van der Waals surface area contributed by atoms with E-state index in [1.54, 1.807) is 0 Å². The third-order valence-corrected chi connectivity index (χ3v) is 7.92. The minimum absolute atomic E-state index is 0.251. The smallest absolute Gasteiger partial charge is 0.0635 e. The first-order chi connectivity index (χ1) is 19.3. The van der Waals surface area contributed by atoms with E-state index in [-0.39, 0.29) is 6.04 Å². The van der Waals surface area contributed by atoms with Crippen LogP contribution in [0.25, 0.3) is 16.7 Å². The predicted octanol–water partition coefficient (Wildman–Crippen LogP) is 9.66. The third kappa shape index (κ3) is 4.24. The van der Waals surface area contributed by atoms with Crippen molar-refractivity contribution < 1.29 is 0 Å². The molecule has 0 saturated heterocycles. The van der Waals surface area contributed by atoms with Gasteiger partial charge < -0.3 is 10.2 Å². The quantitative estimate of drug-likeness (QED) is 0.257. The molecule has 0 aromatic heterocycles. The van der Waals surface area contributed by atoms with Crippen LogP contribution in [-0.2, 0) is 0 Å². The van der Waals surface area contributed by atoms with Crippen LogP contribution in [0.1, 0.15) is 22.6 Å². The molecular formula is C37H30N2. The fourth-order valence-corrected chi connectivity index (χ4v) is 6.08. The van der Waals surface area contributed by atoms with Crippen LogP contribution in [0.15, 0.2) is 146 Å². The lowest BCUT2D eigenvalue weighted by Crippen LogP contribution is -2.29. The number of aryl methyl sites for hydroxylation is 1. The maximum atomic E-state index is 3.60. The molecule has 5 aromatic carbocycles. The number of para-hydroxylation sites is 4. The normalized spacial score (nSPS) is 17.4. The lowest BCUT2D eigenvalue weighted by Gasteiger charge is -2.30. The molecule has 0 fully saturated rings. The zero-order chi connectivity index (χ0) is 26.2. The Hall–Kier alpha value is -4.82. The van der Waals surface area contributed by atoms with Gasteiger partial charge in [0.25, 0.3) is 0 Å². The molecule has 2 aliphatic rings. The maximum absolute atomic E-state index is 3.60. The molecule has 7 rings (SSSR count). The first-order valence-corrected chi connectivity index (χ1v) is 13.6. The molecule has 39 heavy (non-hydrogen) atoms. The number of nitrogens with zero attached hydrogens (tertiary/aromatic N) is 1. The summed E-state index contributed by atoms with van der Waals surface area (Å²) in [5, 5.41) is 3.60. The Morgan fingerprint density at radius 1 is 0.667 bits per heavy atom. The number of fused-ring (bicyclic) bond motifs is 3. The largest absolute Gasteiger partial charge is 0.355 e. The summed E-state index contributed by atoms with van der Waals surface area (Å²) in [6, 6.07) is 45.6. The molecule has 1 aliphatic carbocycles. The fourth-order valence-electron chi connectivity index (χ4n) is 6.08. The zero-order valence-corrected chi connectivity index (χ0v) is 22.0. The first-order valence-electron chi connectivity index (χ1n) is 13.6. The Morgan fingerprint density at radius 2 is 1.38 bits per heavy atom. The zero-order valence-electron chi connectivity index (χ0n) is 22.0. The van der Waals surface area contributed by atoms with E-state index in [0.717, 1.165) is 11.4 Å². The van der Waals surface area contributed by atoms with E-state index < -0.39 is 0 Å². The van der Waals surface area contributed by atoms with Crippen molar-refractivity contribution >= 4 is 28.3 Å². The highest BCUT2D eigenvalue weighted by Gasteiger charge is 2.38. The Bertz CT molecular complexity index is 1700. The van der Waals surface area contributed by atoms with Gasteiger partial charge in [0.2, 0.25) is 0 Å². The van der Waals surface area contributed by atoms with Crippen molar-refractivity contribution in [1.29, 1.82) is 0 Å². The standard InChI is InChI=1S/C37H30N2/c1-26-24-27(20-22-31(26)32-16-8-10-18-35(32)38-29-12-4-2-5-13-29)28-21-23-34-33-17-9-11-19-36(33)39(37(34)25-28)30-14-6-3-7-15-30/h2-25,34,37-38H,1H3. The topological polar surface area (TPSA) is 15.3 Å². The van der Waals surface area contributed by atoms with E-state index in [9.17, 15) is 0 Å². The highest BCUT2D eigenvalue weighted by Crippen LogP contribution is 2.49. The third-order valence-electron chi connectivity index (χ3n) is 7.92. The minimum Gasteiger partial charge on any atom is -0.355 e. The molecule has 188 valence electrons. The summed E-state index contributed by atoms with van der Waals surface area (Å²) >= 11 is 0. The second kappa shape index (κ2) is 9.81. The van der Waals surface area contributed by atoms with E-state index in [1.165, 1.54) is 44.8 Å². The van der Waals surface area contributed by atoms with Gasteiger partial charge in [-0.3, -0.25) is 0 Å². The highest BCUT2D eigenvalue weighted by molar-refractivity contribution is 5.86. The summed E-state index contributed by atoms with van der Waals surface area (Å²) in [4.78, 5) is 2.50. The van der Waals surface area contributed by atoms with E-state index in [4.69, 9.17) is 0 Å². The average molecular weight is 503 g/mol. The number of benzene rings is 5. The van der Waals surface area contributed by atoms with Crippen molar-refractivity contribution in [2.75, 3.05) is 10.2 Å². The summed E-state index contributed by atoms with van der Waals surface area (Å²) in [5.41, 5.74) is 12.4. The number of anilines is 4. The van der Waals surface area contributed by atoms with Gasteiger partial charge in [-0.1, -0.05) is 109 Å². The van der Waals surface area contributed by atoms with Crippen LogP contribution in [0.5, 0.6) is 0 Å². The van der Waals surface area contributed by atoms with Crippen molar-refractivity contribution in [3.63, 3.8) is 0 Å². The molecule has 0 bridgehead atoms. The number of hydrogen-bond acceptors (Lipinski definition) is 2. The van der Waals surface area contributed by atoms with Crippen LogP contribution in [0, 0.1) is 6.92 Å². The van der Waals surface area contributed by atoms with Crippen molar-refractivity contribution in [3.05, 3.63) is 162 Å². The van der Waals surface area contributed by atoms with Crippen molar-refractivity contribution in [2.24, 2.45) is 0 Å². The van der Waals surface area contributed by atoms with Gasteiger partial charge in [0.15, 0.2) is 0 Å². The molecule has 0 amide bonds. The number of rotatable bonds is 5. The van der Waals surface area contributed by atoms with E-state index >= 15 is 0 Å². The lowest BCUT2D eigenvalue weighted by atomic mass is 9.86. The van der Waals surface area contributed by atoms with E-state index in [0.29, 0.717) is 5.92 Å². The van der Waals surface area contributed by atoms with Gasteiger partial charge in [-0.15, -0.1) is 0 Å². The molecule has 1 heterocycles. The number of nitrogens with one attached hydrogen (secondary N) is 1. The fraction of sp³-hybridized carbons (Fsp3) is 0.0811. The average Bonchev–Trinajstić information content (AvgIpc) is 3.32. The van der Waals surface area contributed by atoms with Crippen LogP contribution < -0.4 is 10.2 Å². The maximum Gasteiger partial charge on any atom is 0.0635 e. The molecule has 2 unspecified atom stereocenters. The lowest BCUT2D eigenvalue weighted by molar-refractivity contribution is 0.747. The Balaban J connectivity index is 1.24. The Kier molecular flexibility index (Phi) is 5.86. The van der Waals surface area contributed by atoms with Gasteiger partial charge in [-0.25, -0.2) is 0 Å². The first kappa shape index (κ1) is 23.3. The summed E-state index contributed by atoms with van der Waals surface area (Å²) in [6.07, 6.45) is 7.16. The van der Waals surface area contributed by atoms with Crippen LogP contribution in [0.3, 0.4) is 0 Å². The van der Waals surface area contributed by atoms with Gasteiger partial charge in [-0.05, 0) is 71.1 Å². The van der Waals surface area contributed by atoms with Crippen molar-refractivity contribution in [1.82, 2.24) is 0 Å². The summed E-state index contributed by atoms with van der Waals surface area (Å²) < 4.78 is 0. The summed E-state index contributed by atoms with van der Waals surface area (Å²) in [7, 11) is 0. The Morgan fingerprint density at radius 3 is 2.21 bits per heavy atom. The van der Waals surface area contributed by atoms with E-state index in [2.05, 4.69) is 157 Å². The number of allylic oxidation sites excluding steroid dienone is 2. The van der Waals surface area contributed by atoms with Crippen LogP contribution in [0.4, 0.5) is 22.7 Å². The highest BCUT2D eigenvalue weighted by atomic mass is 15.2. The molecule has 1 N–H and O–H groups in total. The second-order valence-corrected chi connectivity index (χ2v) is 10.3. The van der Waals surface area contributed by atoms with Gasteiger partial charge in [-0.2, -0.15) is 0 Å². The second-order valence-electron chi connectivity index (χ2n) is 10.3. The minimum atomic E-state index is 0.251. The molecule has 2 atom stereocenters. The monoisotopic (exact) mass is 502 g/mol. The SMILES string of the molecule is Cc1cc(C2=CC3C(C=C2)c2ccccc2N3c2ccccc2)ccc1-c1ccccc1Nc1ccccc1. The van der Waals surface area contributed by atoms with Gasteiger partial charge in [0.1, 0.15) is 0 Å².